The molecule has 0 radical (unpaired) electrons. The lowest BCUT2D eigenvalue weighted by Gasteiger charge is -2.32. The predicted octanol–water partition coefficient (Wildman–Crippen LogP) is 5.72. The van der Waals surface area contributed by atoms with Gasteiger partial charge in [0.1, 0.15) is 6.04 Å². The van der Waals surface area contributed by atoms with Crippen molar-refractivity contribution in [2.45, 2.75) is 38.8 Å². The van der Waals surface area contributed by atoms with E-state index in [0.717, 1.165) is 11.1 Å². The van der Waals surface area contributed by atoms with Crippen molar-refractivity contribution < 1.29 is 19.1 Å². The molecular formula is C29H32Cl2N2O4. The Hall–Kier alpha value is -3.22. The van der Waals surface area contributed by atoms with Crippen LogP contribution in [0.4, 0.5) is 0 Å². The first-order valence-electron chi connectivity index (χ1n) is 12.1. The first kappa shape index (κ1) is 28.4. The Morgan fingerprint density at radius 3 is 2.30 bits per heavy atom. The zero-order valence-corrected chi connectivity index (χ0v) is 22.8. The summed E-state index contributed by atoms with van der Waals surface area (Å²) in [5, 5.41) is 3.84. The quantitative estimate of drug-likeness (QED) is 0.317. The van der Waals surface area contributed by atoms with Crippen LogP contribution in [-0.2, 0) is 29.0 Å². The van der Waals surface area contributed by atoms with E-state index in [1.165, 1.54) is 0 Å². The average molecular weight is 543 g/mol. The summed E-state index contributed by atoms with van der Waals surface area (Å²) in [5.41, 5.74) is 2.60. The smallest absolute Gasteiger partial charge is 0.243 e. The molecule has 0 aliphatic heterocycles. The molecule has 0 heterocycles. The third-order valence-electron chi connectivity index (χ3n) is 6.05. The van der Waals surface area contributed by atoms with Crippen molar-refractivity contribution in [1.29, 1.82) is 0 Å². The number of ether oxygens (including phenoxy) is 2. The van der Waals surface area contributed by atoms with Gasteiger partial charge in [-0.15, -0.1) is 0 Å². The fraction of sp³-hybridized carbons (Fsp3) is 0.310. The van der Waals surface area contributed by atoms with Crippen molar-refractivity contribution in [3.8, 4) is 11.5 Å². The lowest BCUT2D eigenvalue weighted by atomic mass is 10.0. The number of benzene rings is 3. The lowest BCUT2D eigenvalue weighted by Crippen LogP contribution is -2.50. The molecule has 0 spiro atoms. The molecule has 0 unspecified atom stereocenters. The molecule has 0 bridgehead atoms. The van der Waals surface area contributed by atoms with Crippen LogP contribution >= 0.6 is 23.2 Å². The van der Waals surface area contributed by atoms with Crippen molar-refractivity contribution in [2.75, 3.05) is 20.8 Å². The van der Waals surface area contributed by atoms with Crippen molar-refractivity contribution in [3.05, 3.63) is 93.5 Å². The highest BCUT2D eigenvalue weighted by molar-refractivity contribution is 6.35. The van der Waals surface area contributed by atoms with E-state index in [1.807, 2.05) is 55.5 Å². The molecular weight excluding hydrogens is 511 g/mol. The maximum Gasteiger partial charge on any atom is 0.243 e. The van der Waals surface area contributed by atoms with Gasteiger partial charge in [0.05, 0.1) is 14.2 Å². The van der Waals surface area contributed by atoms with Gasteiger partial charge in [0, 0.05) is 36.0 Å². The van der Waals surface area contributed by atoms with Crippen molar-refractivity contribution in [1.82, 2.24) is 10.2 Å². The Kier molecular flexibility index (Phi) is 10.7. The normalized spacial score (nSPS) is 11.5. The van der Waals surface area contributed by atoms with Crippen molar-refractivity contribution in [3.63, 3.8) is 0 Å². The summed E-state index contributed by atoms with van der Waals surface area (Å²) in [6.45, 7) is 2.49. The highest BCUT2D eigenvalue weighted by Crippen LogP contribution is 2.29. The van der Waals surface area contributed by atoms with E-state index in [0.29, 0.717) is 46.5 Å². The van der Waals surface area contributed by atoms with Crippen LogP contribution in [0.15, 0.2) is 66.7 Å². The first-order chi connectivity index (χ1) is 17.9. The Morgan fingerprint density at radius 1 is 0.919 bits per heavy atom. The summed E-state index contributed by atoms with van der Waals surface area (Å²) in [6, 6.07) is 19.7. The Balaban J connectivity index is 1.91. The van der Waals surface area contributed by atoms with Gasteiger partial charge in [-0.1, -0.05) is 65.7 Å². The minimum Gasteiger partial charge on any atom is -0.493 e. The van der Waals surface area contributed by atoms with Gasteiger partial charge < -0.3 is 19.7 Å². The van der Waals surface area contributed by atoms with Crippen LogP contribution in [0.25, 0.3) is 0 Å². The van der Waals surface area contributed by atoms with E-state index in [9.17, 15) is 9.59 Å². The number of rotatable bonds is 12. The lowest BCUT2D eigenvalue weighted by molar-refractivity contribution is -0.141. The molecule has 2 amide bonds. The summed E-state index contributed by atoms with van der Waals surface area (Å²) < 4.78 is 10.7. The molecule has 1 N–H and O–H groups in total. The molecule has 6 nitrogen and oxygen atoms in total. The summed E-state index contributed by atoms with van der Waals surface area (Å²) in [7, 11) is 3.15. The highest BCUT2D eigenvalue weighted by atomic mass is 35.5. The highest BCUT2D eigenvalue weighted by Gasteiger charge is 2.30. The number of amides is 2. The molecule has 196 valence electrons. The molecule has 0 aromatic heterocycles. The Labute approximate surface area is 228 Å². The van der Waals surface area contributed by atoms with Gasteiger partial charge in [-0.25, -0.2) is 0 Å². The van der Waals surface area contributed by atoms with E-state index in [2.05, 4.69) is 5.32 Å². The van der Waals surface area contributed by atoms with Crippen LogP contribution in [0.2, 0.25) is 10.0 Å². The number of hydrogen-bond acceptors (Lipinski definition) is 4. The standard InChI is InChI=1S/C29H32Cl2N2O4/c1-4-32-29(35)25(16-20-8-6-5-7-9-20)33(19-22-12-13-23(30)18-24(22)31)28(34)15-11-21-10-14-26(36-2)27(17-21)37-3/h5-10,12-14,17-18,25H,4,11,15-16,19H2,1-3H3,(H,32,35)/t25-/m0/s1. The number of halogens is 2. The van der Waals surface area contributed by atoms with Crippen LogP contribution in [0.1, 0.15) is 30.0 Å². The molecule has 0 saturated heterocycles. The first-order valence-corrected chi connectivity index (χ1v) is 12.9. The van der Waals surface area contributed by atoms with Gasteiger partial charge in [-0.05, 0) is 54.3 Å². The minimum absolute atomic E-state index is 0.159. The average Bonchev–Trinajstić information content (AvgIpc) is 2.90. The zero-order valence-electron chi connectivity index (χ0n) is 21.3. The van der Waals surface area contributed by atoms with E-state index in [-0.39, 0.29) is 24.8 Å². The fourth-order valence-corrected chi connectivity index (χ4v) is 4.58. The second kappa shape index (κ2) is 13.9. The minimum atomic E-state index is -0.716. The van der Waals surface area contributed by atoms with Gasteiger partial charge >= 0.3 is 0 Å². The number of nitrogens with zero attached hydrogens (tertiary/aromatic N) is 1. The third kappa shape index (κ3) is 7.88. The topological polar surface area (TPSA) is 67.9 Å². The number of hydrogen-bond donors (Lipinski definition) is 1. The molecule has 3 aromatic carbocycles. The third-order valence-corrected chi connectivity index (χ3v) is 6.64. The molecule has 0 aliphatic rings. The van der Waals surface area contributed by atoms with Gasteiger partial charge in [0.25, 0.3) is 0 Å². The molecule has 0 saturated carbocycles. The number of nitrogens with one attached hydrogen (secondary N) is 1. The van der Waals surface area contributed by atoms with Crippen LogP contribution in [0.3, 0.4) is 0 Å². The predicted molar refractivity (Wildman–Crippen MR) is 147 cm³/mol. The number of likely N-dealkylation sites (N-methyl/N-ethyl adjacent to an activating group) is 1. The van der Waals surface area contributed by atoms with Gasteiger partial charge in [-0.3, -0.25) is 9.59 Å². The SMILES string of the molecule is CCNC(=O)[C@H](Cc1ccccc1)N(Cc1ccc(Cl)cc1Cl)C(=O)CCc1ccc(OC)c(OC)c1. The molecule has 3 aromatic rings. The zero-order chi connectivity index (χ0) is 26.8. The summed E-state index contributed by atoms with van der Waals surface area (Å²) >= 11 is 12.6. The second-order valence-corrected chi connectivity index (χ2v) is 9.39. The van der Waals surface area contributed by atoms with Gasteiger partial charge in [0.2, 0.25) is 11.8 Å². The number of aryl methyl sites for hydroxylation is 1. The summed E-state index contributed by atoms with van der Waals surface area (Å²) in [5.74, 6) is 0.848. The molecule has 0 aliphatic carbocycles. The van der Waals surface area contributed by atoms with Crippen LogP contribution in [-0.4, -0.2) is 43.5 Å². The molecule has 0 fully saturated rings. The van der Waals surface area contributed by atoms with Crippen LogP contribution in [0, 0.1) is 0 Å². The summed E-state index contributed by atoms with van der Waals surface area (Å²) in [6.07, 6.45) is 1.04. The van der Waals surface area contributed by atoms with Crippen molar-refractivity contribution in [2.24, 2.45) is 0 Å². The number of methoxy groups -OCH3 is 2. The molecule has 3 rings (SSSR count). The summed E-state index contributed by atoms with van der Waals surface area (Å²) in [4.78, 5) is 28.6. The molecule has 37 heavy (non-hydrogen) atoms. The van der Waals surface area contributed by atoms with E-state index in [4.69, 9.17) is 32.7 Å². The van der Waals surface area contributed by atoms with E-state index >= 15 is 0 Å². The number of carbonyl (C=O) groups excluding carboxylic acids is 2. The maximum absolute atomic E-state index is 13.7. The fourth-order valence-electron chi connectivity index (χ4n) is 4.11. The van der Waals surface area contributed by atoms with Gasteiger partial charge in [0.15, 0.2) is 11.5 Å². The second-order valence-electron chi connectivity index (χ2n) is 8.55. The van der Waals surface area contributed by atoms with E-state index < -0.39 is 6.04 Å². The van der Waals surface area contributed by atoms with Gasteiger partial charge in [-0.2, -0.15) is 0 Å². The Morgan fingerprint density at radius 2 is 1.65 bits per heavy atom. The monoisotopic (exact) mass is 542 g/mol. The number of carbonyl (C=O) groups is 2. The van der Waals surface area contributed by atoms with E-state index in [1.54, 1.807) is 37.3 Å². The van der Waals surface area contributed by atoms with Crippen molar-refractivity contribution >= 4 is 35.0 Å². The maximum atomic E-state index is 13.7. The molecule has 8 heteroatoms. The largest absolute Gasteiger partial charge is 0.493 e. The van der Waals surface area contributed by atoms with Crippen LogP contribution in [0.5, 0.6) is 11.5 Å². The molecule has 1 atom stereocenters. The Bertz CT molecular complexity index is 1200. The van der Waals surface area contributed by atoms with Crippen LogP contribution < -0.4 is 14.8 Å².